The molecule has 2 N–H and O–H groups in total. The molecule has 1 aromatic heterocycles. The van der Waals surface area contributed by atoms with Gasteiger partial charge in [0.1, 0.15) is 11.6 Å². The van der Waals surface area contributed by atoms with Crippen LogP contribution in [0, 0.1) is 5.82 Å². The van der Waals surface area contributed by atoms with Crippen LogP contribution in [0.2, 0.25) is 0 Å². The molecule has 0 aliphatic carbocycles. The van der Waals surface area contributed by atoms with E-state index in [9.17, 15) is 14.0 Å². The SMILES string of the molecule is O=C(NCCC(=O)N1CCCCCC1)c1cccnc1Nc1ccccc1F. The van der Waals surface area contributed by atoms with E-state index in [0.29, 0.717) is 5.56 Å². The third-order valence-corrected chi connectivity index (χ3v) is 4.76. The Bertz CT molecular complexity index is 820. The number of rotatable bonds is 6. The molecule has 2 heterocycles. The van der Waals surface area contributed by atoms with E-state index in [0.717, 1.165) is 25.9 Å². The van der Waals surface area contributed by atoms with E-state index in [1.54, 1.807) is 30.3 Å². The van der Waals surface area contributed by atoms with Crippen LogP contribution in [0.4, 0.5) is 15.9 Å². The number of likely N-dealkylation sites (tertiary alicyclic amines) is 1. The fourth-order valence-corrected chi connectivity index (χ4v) is 3.23. The highest BCUT2D eigenvalue weighted by molar-refractivity contribution is 5.99. The van der Waals surface area contributed by atoms with Crippen LogP contribution >= 0.6 is 0 Å². The number of nitrogens with zero attached hydrogens (tertiary/aromatic N) is 2. The third-order valence-electron chi connectivity index (χ3n) is 4.76. The van der Waals surface area contributed by atoms with E-state index in [1.165, 1.54) is 25.1 Å². The monoisotopic (exact) mass is 384 g/mol. The van der Waals surface area contributed by atoms with Crippen LogP contribution in [-0.2, 0) is 4.79 Å². The number of hydrogen-bond donors (Lipinski definition) is 2. The fourth-order valence-electron chi connectivity index (χ4n) is 3.23. The molecule has 0 saturated carbocycles. The van der Waals surface area contributed by atoms with Gasteiger partial charge in [0.2, 0.25) is 5.91 Å². The first-order valence-corrected chi connectivity index (χ1v) is 9.67. The number of para-hydroxylation sites is 1. The molecule has 0 spiro atoms. The molecule has 1 aliphatic heterocycles. The highest BCUT2D eigenvalue weighted by atomic mass is 19.1. The lowest BCUT2D eigenvalue weighted by Gasteiger charge is -2.20. The minimum Gasteiger partial charge on any atom is -0.351 e. The van der Waals surface area contributed by atoms with Crippen LogP contribution in [0.5, 0.6) is 0 Å². The Balaban J connectivity index is 1.57. The number of benzene rings is 1. The molecule has 1 aliphatic rings. The van der Waals surface area contributed by atoms with Gasteiger partial charge in [0, 0.05) is 32.3 Å². The van der Waals surface area contributed by atoms with Crippen molar-refractivity contribution in [1.82, 2.24) is 15.2 Å². The number of halogens is 1. The van der Waals surface area contributed by atoms with E-state index < -0.39 is 5.82 Å². The predicted molar refractivity (Wildman–Crippen MR) is 106 cm³/mol. The van der Waals surface area contributed by atoms with Crippen molar-refractivity contribution in [3.05, 3.63) is 54.0 Å². The second kappa shape index (κ2) is 9.82. The maximum absolute atomic E-state index is 13.9. The van der Waals surface area contributed by atoms with Gasteiger partial charge in [-0.2, -0.15) is 0 Å². The number of carbonyl (C=O) groups excluding carboxylic acids is 2. The van der Waals surface area contributed by atoms with Crippen LogP contribution in [0.25, 0.3) is 0 Å². The largest absolute Gasteiger partial charge is 0.351 e. The van der Waals surface area contributed by atoms with Gasteiger partial charge >= 0.3 is 0 Å². The molecule has 2 aromatic rings. The molecule has 7 heteroatoms. The molecular formula is C21H25FN4O2. The zero-order chi connectivity index (χ0) is 19.8. The zero-order valence-electron chi connectivity index (χ0n) is 15.8. The van der Waals surface area contributed by atoms with Gasteiger partial charge < -0.3 is 15.5 Å². The molecule has 0 atom stereocenters. The highest BCUT2D eigenvalue weighted by Gasteiger charge is 2.17. The van der Waals surface area contributed by atoms with Crippen molar-refractivity contribution in [3.8, 4) is 0 Å². The van der Waals surface area contributed by atoms with E-state index in [2.05, 4.69) is 15.6 Å². The van der Waals surface area contributed by atoms with Crippen LogP contribution in [0.3, 0.4) is 0 Å². The topological polar surface area (TPSA) is 74.3 Å². The second-order valence-corrected chi connectivity index (χ2v) is 6.81. The van der Waals surface area contributed by atoms with Crippen molar-refractivity contribution < 1.29 is 14.0 Å². The van der Waals surface area contributed by atoms with Gasteiger partial charge in [0.05, 0.1) is 11.3 Å². The Morgan fingerprint density at radius 1 is 1.04 bits per heavy atom. The van der Waals surface area contributed by atoms with Crippen LogP contribution in [0.1, 0.15) is 42.5 Å². The smallest absolute Gasteiger partial charge is 0.255 e. The molecule has 1 aromatic carbocycles. The van der Waals surface area contributed by atoms with Gasteiger partial charge in [-0.25, -0.2) is 9.37 Å². The molecular weight excluding hydrogens is 359 g/mol. The van der Waals surface area contributed by atoms with E-state index in [1.807, 2.05) is 4.90 Å². The van der Waals surface area contributed by atoms with Gasteiger partial charge in [-0.15, -0.1) is 0 Å². The summed E-state index contributed by atoms with van der Waals surface area (Å²) in [6, 6.07) is 9.45. The molecule has 3 rings (SSSR count). The summed E-state index contributed by atoms with van der Waals surface area (Å²) < 4.78 is 13.9. The summed E-state index contributed by atoms with van der Waals surface area (Å²) in [7, 11) is 0. The van der Waals surface area contributed by atoms with Crippen LogP contribution < -0.4 is 10.6 Å². The molecule has 0 unspecified atom stereocenters. The molecule has 6 nitrogen and oxygen atoms in total. The Morgan fingerprint density at radius 3 is 2.54 bits per heavy atom. The van der Waals surface area contributed by atoms with E-state index >= 15 is 0 Å². The first-order chi connectivity index (χ1) is 13.6. The molecule has 1 fully saturated rings. The van der Waals surface area contributed by atoms with Gasteiger partial charge in [-0.05, 0) is 37.1 Å². The maximum atomic E-state index is 13.9. The summed E-state index contributed by atoms with van der Waals surface area (Å²) in [6.07, 6.45) is 6.21. The normalized spacial score (nSPS) is 14.2. The standard InChI is InChI=1S/C21H25FN4O2/c22-17-9-3-4-10-18(17)25-20-16(8-7-12-23-20)21(28)24-13-11-19(27)26-14-5-1-2-6-15-26/h3-4,7-10,12H,1-2,5-6,11,13-15H2,(H,23,25)(H,24,28). The number of amides is 2. The number of anilines is 2. The summed E-state index contributed by atoms with van der Waals surface area (Å²) >= 11 is 0. The second-order valence-electron chi connectivity index (χ2n) is 6.81. The van der Waals surface area contributed by atoms with Crippen LogP contribution in [0.15, 0.2) is 42.6 Å². The lowest BCUT2D eigenvalue weighted by atomic mass is 10.2. The number of carbonyl (C=O) groups is 2. The fraction of sp³-hybridized carbons (Fsp3) is 0.381. The summed E-state index contributed by atoms with van der Waals surface area (Å²) in [5.74, 6) is -0.444. The molecule has 28 heavy (non-hydrogen) atoms. The summed E-state index contributed by atoms with van der Waals surface area (Å²) in [4.78, 5) is 30.9. The number of nitrogens with one attached hydrogen (secondary N) is 2. The van der Waals surface area contributed by atoms with Crippen molar-refractivity contribution >= 4 is 23.3 Å². The lowest BCUT2D eigenvalue weighted by Crippen LogP contribution is -2.35. The predicted octanol–water partition coefficient (Wildman–Crippen LogP) is 3.49. The number of pyridine rings is 1. The van der Waals surface area contributed by atoms with E-state index in [4.69, 9.17) is 0 Å². The minimum atomic E-state index is -0.428. The quantitative estimate of drug-likeness (QED) is 0.800. The van der Waals surface area contributed by atoms with Gasteiger partial charge in [-0.1, -0.05) is 25.0 Å². The summed E-state index contributed by atoms with van der Waals surface area (Å²) in [6.45, 7) is 1.85. The Morgan fingerprint density at radius 2 is 1.79 bits per heavy atom. The average molecular weight is 384 g/mol. The molecule has 1 saturated heterocycles. The third kappa shape index (κ3) is 5.28. The van der Waals surface area contributed by atoms with Gasteiger partial charge in [0.25, 0.3) is 5.91 Å². The Hall–Kier alpha value is -2.96. The first kappa shape index (κ1) is 19.8. The zero-order valence-corrected chi connectivity index (χ0v) is 15.8. The molecule has 148 valence electrons. The van der Waals surface area contributed by atoms with E-state index in [-0.39, 0.29) is 36.3 Å². The summed E-state index contributed by atoms with van der Waals surface area (Å²) in [5.41, 5.74) is 0.541. The van der Waals surface area contributed by atoms with Gasteiger partial charge in [-0.3, -0.25) is 9.59 Å². The average Bonchev–Trinajstić information content (AvgIpc) is 2.99. The number of hydrogen-bond acceptors (Lipinski definition) is 4. The minimum absolute atomic E-state index is 0.0677. The maximum Gasteiger partial charge on any atom is 0.255 e. The van der Waals surface area contributed by atoms with Gasteiger partial charge in [0.15, 0.2) is 0 Å². The van der Waals surface area contributed by atoms with Crippen molar-refractivity contribution in [1.29, 1.82) is 0 Å². The van der Waals surface area contributed by atoms with Crippen LogP contribution in [-0.4, -0.2) is 41.3 Å². The van der Waals surface area contributed by atoms with Crippen molar-refractivity contribution in [2.45, 2.75) is 32.1 Å². The Kier molecular flexibility index (Phi) is 6.94. The molecule has 0 radical (unpaired) electrons. The van der Waals surface area contributed by atoms with Crippen molar-refractivity contribution in [3.63, 3.8) is 0 Å². The molecule has 2 amide bonds. The lowest BCUT2D eigenvalue weighted by molar-refractivity contribution is -0.131. The molecule has 0 bridgehead atoms. The van der Waals surface area contributed by atoms with Crippen molar-refractivity contribution in [2.24, 2.45) is 0 Å². The highest BCUT2D eigenvalue weighted by Crippen LogP contribution is 2.21. The summed E-state index contributed by atoms with van der Waals surface area (Å²) in [5, 5.41) is 5.62. The van der Waals surface area contributed by atoms with Crippen molar-refractivity contribution in [2.75, 3.05) is 25.0 Å². The Labute approximate surface area is 164 Å². The number of aromatic nitrogens is 1. The first-order valence-electron chi connectivity index (χ1n) is 9.67.